The van der Waals surface area contributed by atoms with E-state index in [9.17, 15) is 0 Å². The molecular weight excluding hydrogens is 372 g/mol. The van der Waals surface area contributed by atoms with Crippen LogP contribution in [-0.4, -0.2) is 9.78 Å². The van der Waals surface area contributed by atoms with Gasteiger partial charge in [0.1, 0.15) is 5.15 Å². The van der Waals surface area contributed by atoms with Gasteiger partial charge in [-0.15, -0.1) is 0 Å². The van der Waals surface area contributed by atoms with E-state index < -0.39 is 0 Å². The molecule has 102 valence electrons. The summed E-state index contributed by atoms with van der Waals surface area (Å²) in [6.07, 6.45) is 0. The SMILES string of the molecule is Cc1nn(C)c(Cl)c1CNc1c(Cl)cc(Br)cc1Cl. The predicted octanol–water partition coefficient (Wildman–Crippen LogP) is 5.06. The van der Waals surface area contributed by atoms with Crippen molar-refractivity contribution in [2.75, 3.05) is 5.32 Å². The van der Waals surface area contributed by atoms with Gasteiger partial charge in [0.25, 0.3) is 0 Å². The van der Waals surface area contributed by atoms with Gasteiger partial charge in [-0.25, -0.2) is 0 Å². The van der Waals surface area contributed by atoms with Crippen molar-refractivity contribution in [1.82, 2.24) is 9.78 Å². The highest BCUT2D eigenvalue weighted by atomic mass is 79.9. The van der Waals surface area contributed by atoms with E-state index in [0.29, 0.717) is 27.4 Å². The maximum Gasteiger partial charge on any atom is 0.131 e. The van der Waals surface area contributed by atoms with Gasteiger partial charge >= 0.3 is 0 Å². The minimum atomic E-state index is 0.513. The molecule has 0 aliphatic heterocycles. The Labute approximate surface area is 135 Å². The molecule has 0 aliphatic rings. The Morgan fingerprint density at radius 1 is 1.26 bits per heavy atom. The Balaban J connectivity index is 2.24. The minimum Gasteiger partial charge on any atom is -0.378 e. The Bertz CT molecular complexity index is 602. The molecule has 7 heteroatoms. The van der Waals surface area contributed by atoms with E-state index in [2.05, 4.69) is 26.3 Å². The zero-order valence-electron chi connectivity index (χ0n) is 10.3. The lowest BCUT2D eigenvalue weighted by Gasteiger charge is -2.11. The van der Waals surface area contributed by atoms with Crippen LogP contribution < -0.4 is 5.32 Å². The summed E-state index contributed by atoms with van der Waals surface area (Å²) in [5.74, 6) is 0. The van der Waals surface area contributed by atoms with E-state index in [4.69, 9.17) is 34.8 Å². The molecule has 0 saturated heterocycles. The number of hydrogen-bond acceptors (Lipinski definition) is 2. The number of anilines is 1. The molecule has 0 saturated carbocycles. The first kappa shape index (κ1) is 15.0. The summed E-state index contributed by atoms with van der Waals surface area (Å²) in [6.45, 7) is 2.42. The monoisotopic (exact) mass is 381 g/mol. The zero-order chi connectivity index (χ0) is 14.2. The smallest absolute Gasteiger partial charge is 0.131 e. The van der Waals surface area contributed by atoms with Crippen LogP contribution >= 0.6 is 50.7 Å². The first-order valence-corrected chi connectivity index (χ1v) is 7.39. The minimum absolute atomic E-state index is 0.513. The summed E-state index contributed by atoms with van der Waals surface area (Å²) >= 11 is 21.8. The maximum absolute atomic E-state index is 6.17. The van der Waals surface area contributed by atoms with E-state index in [1.54, 1.807) is 23.9 Å². The van der Waals surface area contributed by atoms with Crippen LogP contribution in [0.2, 0.25) is 15.2 Å². The third kappa shape index (κ3) is 3.19. The van der Waals surface area contributed by atoms with Gasteiger partial charge < -0.3 is 5.32 Å². The topological polar surface area (TPSA) is 29.9 Å². The molecule has 1 aromatic heterocycles. The second-order valence-corrected chi connectivity index (χ2v) is 6.16. The van der Waals surface area contributed by atoms with Crippen LogP contribution in [0.5, 0.6) is 0 Å². The average Bonchev–Trinajstić information content (AvgIpc) is 2.53. The van der Waals surface area contributed by atoms with Gasteiger partial charge in [-0.05, 0) is 19.1 Å². The molecule has 0 aliphatic carbocycles. The largest absolute Gasteiger partial charge is 0.378 e. The van der Waals surface area contributed by atoms with Crippen LogP contribution in [0.15, 0.2) is 16.6 Å². The van der Waals surface area contributed by atoms with Crippen molar-refractivity contribution < 1.29 is 0 Å². The van der Waals surface area contributed by atoms with E-state index in [-0.39, 0.29) is 0 Å². The Hall–Kier alpha value is -0.420. The summed E-state index contributed by atoms with van der Waals surface area (Å²) in [5, 5.41) is 9.16. The molecule has 0 atom stereocenters. The number of benzene rings is 1. The first-order chi connectivity index (χ1) is 8.90. The second-order valence-electron chi connectivity index (χ2n) is 4.08. The average molecular weight is 384 g/mol. The number of aromatic nitrogens is 2. The molecule has 3 nitrogen and oxygen atoms in total. The van der Waals surface area contributed by atoms with Crippen LogP contribution in [0.4, 0.5) is 5.69 Å². The number of halogens is 4. The van der Waals surface area contributed by atoms with Gasteiger partial charge in [0.15, 0.2) is 0 Å². The molecule has 19 heavy (non-hydrogen) atoms. The zero-order valence-corrected chi connectivity index (χ0v) is 14.1. The van der Waals surface area contributed by atoms with Crippen LogP contribution in [-0.2, 0) is 13.6 Å². The van der Waals surface area contributed by atoms with Crippen molar-refractivity contribution in [3.05, 3.63) is 43.1 Å². The second kappa shape index (κ2) is 5.92. The van der Waals surface area contributed by atoms with Gasteiger partial charge in [0.2, 0.25) is 0 Å². The standard InChI is InChI=1S/C12H11BrCl3N3/c1-6-8(12(16)19(2)18-6)5-17-11-9(14)3-7(13)4-10(11)15/h3-4,17H,5H2,1-2H3. The first-order valence-electron chi connectivity index (χ1n) is 5.46. The van der Waals surface area contributed by atoms with Crippen molar-refractivity contribution in [2.45, 2.75) is 13.5 Å². The fourth-order valence-corrected chi connectivity index (χ4v) is 3.35. The third-order valence-electron chi connectivity index (χ3n) is 2.72. The van der Waals surface area contributed by atoms with Crippen molar-refractivity contribution in [3.63, 3.8) is 0 Å². The molecule has 0 radical (unpaired) electrons. The number of hydrogen-bond donors (Lipinski definition) is 1. The molecule has 0 amide bonds. The molecule has 1 N–H and O–H groups in total. The molecule has 0 bridgehead atoms. The fraction of sp³-hybridized carbons (Fsp3) is 0.250. The predicted molar refractivity (Wildman–Crippen MR) is 84.4 cm³/mol. The van der Waals surface area contributed by atoms with Crippen molar-refractivity contribution in [3.8, 4) is 0 Å². The van der Waals surface area contributed by atoms with E-state index in [0.717, 1.165) is 15.7 Å². The molecule has 0 spiro atoms. The number of nitrogens with zero attached hydrogens (tertiary/aromatic N) is 2. The summed E-state index contributed by atoms with van der Waals surface area (Å²) in [5.41, 5.74) is 2.49. The molecular formula is C12H11BrCl3N3. The highest BCUT2D eigenvalue weighted by Gasteiger charge is 2.13. The summed E-state index contributed by atoms with van der Waals surface area (Å²) in [7, 11) is 1.80. The van der Waals surface area contributed by atoms with Crippen molar-refractivity contribution in [2.24, 2.45) is 7.05 Å². The highest BCUT2D eigenvalue weighted by molar-refractivity contribution is 9.10. The third-order valence-corrected chi connectivity index (χ3v) is 4.25. The lowest BCUT2D eigenvalue weighted by molar-refractivity contribution is 0.757. The van der Waals surface area contributed by atoms with E-state index in [1.807, 2.05) is 6.92 Å². The Kier molecular flexibility index (Phi) is 4.66. The van der Waals surface area contributed by atoms with Crippen LogP contribution in [0, 0.1) is 6.92 Å². The molecule has 1 heterocycles. The van der Waals surface area contributed by atoms with Gasteiger partial charge in [-0.3, -0.25) is 4.68 Å². The van der Waals surface area contributed by atoms with Gasteiger partial charge in [-0.1, -0.05) is 50.7 Å². The quantitative estimate of drug-likeness (QED) is 0.803. The maximum atomic E-state index is 6.17. The molecule has 0 unspecified atom stereocenters. The summed E-state index contributed by atoms with van der Waals surface area (Å²) in [6, 6.07) is 3.57. The van der Waals surface area contributed by atoms with Crippen molar-refractivity contribution >= 4 is 56.4 Å². The molecule has 1 aromatic carbocycles. The van der Waals surface area contributed by atoms with Gasteiger partial charge in [0, 0.05) is 23.6 Å². The summed E-state index contributed by atoms with van der Waals surface area (Å²) < 4.78 is 2.47. The van der Waals surface area contributed by atoms with E-state index >= 15 is 0 Å². The van der Waals surface area contributed by atoms with Gasteiger partial charge in [-0.2, -0.15) is 5.10 Å². The highest BCUT2D eigenvalue weighted by Crippen LogP contribution is 2.34. The molecule has 2 rings (SSSR count). The summed E-state index contributed by atoms with van der Waals surface area (Å²) in [4.78, 5) is 0. The molecule has 0 fully saturated rings. The molecule has 2 aromatic rings. The van der Waals surface area contributed by atoms with Crippen LogP contribution in [0.1, 0.15) is 11.3 Å². The number of nitrogens with one attached hydrogen (secondary N) is 1. The van der Waals surface area contributed by atoms with Crippen LogP contribution in [0.25, 0.3) is 0 Å². The number of aryl methyl sites for hydroxylation is 2. The van der Waals surface area contributed by atoms with E-state index in [1.165, 1.54) is 0 Å². The number of rotatable bonds is 3. The van der Waals surface area contributed by atoms with Crippen molar-refractivity contribution in [1.29, 1.82) is 0 Å². The Morgan fingerprint density at radius 2 is 1.84 bits per heavy atom. The lowest BCUT2D eigenvalue weighted by atomic mass is 10.2. The lowest BCUT2D eigenvalue weighted by Crippen LogP contribution is -2.02. The fourth-order valence-electron chi connectivity index (χ4n) is 1.76. The Morgan fingerprint density at radius 3 is 2.32 bits per heavy atom. The van der Waals surface area contributed by atoms with Gasteiger partial charge in [0.05, 0.1) is 21.4 Å². The van der Waals surface area contributed by atoms with Crippen LogP contribution in [0.3, 0.4) is 0 Å². The normalized spacial score (nSPS) is 10.8.